The first-order valence-corrected chi connectivity index (χ1v) is 9.12. The van der Waals surface area contributed by atoms with Crippen LogP contribution in [0.1, 0.15) is 11.1 Å². The number of hydrogen-bond donors (Lipinski definition) is 0. The van der Waals surface area contributed by atoms with Crippen molar-refractivity contribution in [2.45, 2.75) is 16.9 Å². The molecule has 0 aliphatic heterocycles. The molecule has 1 aromatic carbocycles. The third-order valence-corrected chi connectivity index (χ3v) is 6.78. The van der Waals surface area contributed by atoms with E-state index in [0.29, 0.717) is 16.9 Å². The van der Waals surface area contributed by atoms with E-state index >= 15 is 0 Å². The molecule has 12 heteroatoms. The first-order valence-electron chi connectivity index (χ1n) is 6.49. The Hall–Kier alpha value is -1.69. The van der Waals surface area contributed by atoms with Crippen LogP contribution in [-0.4, -0.2) is 24.7 Å². The monoisotopic (exact) mass is 414 g/mol. The molecule has 0 spiro atoms. The summed E-state index contributed by atoms with van der Waals surface area (Å²) in [5, 5.41) is 10.8. The number of sulfonamides is 1. The minimum absolute atomic E-state index is 0.205. The zero-order valence-corrected chi connectivity index (χ0v) is 14.8. The Labute approximate surface area is 149 Å². The van der Waals surface area contributed by atoms with Gasteiger partial charge in [-0.15, -0.1) is 11.3 Å². The van der Waals surface area contributed by atoms with E-state index in [-0.39, 0.29) is 15.1 Å². The van der Waals surface area contributed by atoms with Gasteiger partial charge >= 0.3 is 6.18 Å². The molecule has 0 amide bonds. The highest BCUT2D eigenvalue weighted by Crippen LogP contribution is 2.37. The molecule has 1 aromatic heterocycles. The number of halogens is 4. The van der Waals surface area contributed by atoms with Gasteiger partial charge in [-0.05, 0) is 17.7 Å². The summed E-state index contributed by atoms with van der Waals surface area (Å²) in [6.45, 7) is -0.205. The molecule has 1 heterocycles. The van der Waals surface area contributed by atoms with Crippen LogP contribution >= 0.6 is 22.9 Å². The second-order valence-electron chi connectivity index (χ2n) is 4.94. The van der Waals surface area contributed by atoms with E-state index in [1.807, 2.05) is 0 Å². The van der Waals surface area contributed by atoms with Crippen molar-refractivity contribution in [1.82, 2.24) is 4.31 Å². The minimum atomic E-state index is -4.48. The molecule has 0 atom stereocenters. The van der Waals surface area contributed by atoms with Gasteiger partial charge in [0, 0.05) is 19.7 Å². The maximum Gasteiger partial charge on any atom is 0.416 e. The summed E-state index contributed by atoms with van der Waals surface area (Å²) >= 11 is 6.20. The van der Waals surface area contributed by atoms with Crippen LogP contribution in [-0.2, 0) is 22.7 Å². The zero-order chi connectivity index (χ0) is 19.0. The van der Waals surface area contributed by atoms with Gasteiger partial charge in [-0.2, -0.15) is 17.5 Å². The Kier molecular flexibility index (Phi) is 5.42. The molecule has 0 saturated heterocycles. The molecule has 0 fully saturated rings. The maximum atomic E-state index is 12.5. The van der Waals surface area contributed by atoms with E-state index < -0.39 is 32.4 Å². The summed E-state index contributed by atoms with van der Waals surface area (Å²) in [6, 6.07) is 4.88. The molecule has 0 saturated carbocycles. The second-order valence-corrected chi connectivity index (χ2v) is 8.86. The van der Waals surface area contributed by atoms with Gasteiger partial charge in [0.2, 0.25) is 0 Å². The summed E-state index contributed by atoms with van der Waals surface area (Å²) in [4.78, 5) is 9.97. The van der Waals surface area contributed by atoms with Gasteiger partial charge < -0.3 is 0 Å². The lowest BCUT2D eigenvalue weighted by atomic mass is 10.1. The van der Waals surface area contributed by atoms with E-state index in [0.717, 1.165) is 22.5 Å². The van der Waals surface area contributed by atoms with Crippen molar-refractivity contribution < 1.29 is 26.5 Å². The molecule has 25 heavy (non-hydrogen) atoms. The van der Waals surface area contributed by atoms with E-state index in [4.69, 9.17) is 11.6 Å². The van der Waals surface area contributed by atoms with Gasteiger partial charge in [-0.25, -0.2) is 8.42 Å². The minimum Gasteiger partial charge on any atom is -0.258 e. The Bertz CT molecular complexity index is 895. The third kappa shape index (κ3) is 4.29. The number of nitrogens with zero attached hydrogens (tertiary/aromatic N) is 2. The molecule has 136 valence electrons. The van der Waals surface area contributed by atoms with Crippen molar-refractivity contribution in [3.63, 3.8) is 0 Å². The molecular weight excluding hydrogens is 405 g/mol. The lowest BCUT2D eigenvalue weighted by molar-refractivity contribution is -0.384. The molecular formula is C13H10ClF3N2O4S2. The van der Waals surface area contributed by atoms with Gasteiger partial charge in [-0.3, -0.25) is 10.1 Å². The van der Waals surface area contributed by atoms with Crippen LogP contribution in [0.4, 0.5) is 18.9 Å². The Balaban J connectivity index is 2.23. The molecule has 0 N–H and O–H groups in total. The van der Waals surface area contributed by atoms with E-state index in [2.05, 4.69) is 0 Å². The van der Waals surface area contributed by atoms with Crippen molar-refractivity contribution in [1.29, 1.82) is 0 Å². The van der Waals surface area contributed by atoms with Crippen LogP contribution < -0.4 is 0 Å². The fraction of sp³-hybridized carbons (Fsp3) is 0.231. The fourth-order valence-electron chi connectivity index (χ4n) is 1.88. The summed E-state index contributed by atoms with van der Waals surface area (Å²) in [5.74, 6) is 0. The molecule has 6 nitrogen and oxygen atoms in total. The van der Waals surface area contributed by atoms with Crippen molar-refractivity contribution in [2.75, 3.05) is 7.05 Å². The SMILES string of the molecule is CN(Cc1ccc(C(F)(F)F)cc1)S(=O)(=O)c1cc([N+](=O)[O-])c(Cl)s1. The van der Waals surface area contributed by atoms with Crippen molar-refractivity contribution in [2.24, 2.45) is 0 Å². The Morgan fingerprint density at radius 3 is 2.28 bits per heavy atom. The molecule has 2 rings (SSSR count). The van der Waals surface area contributed by atoms with Gasteiger partial charge in [0.25, 0.3) is 15.7 Å². The largest absolute Gasteiger partial charge is 0.416 e. The molecule has 0 aliphatic rings. The Morgan fingerprint density at radius 1 is 1.28 bits per heavy atom. The van der Waals surface area contributed by atoms with Crippen LogP contribution in [0.15, 0.2) is 34.5 Å². The average molecular weight is 415 g/mol. The lowest BCUT2D eigenvalue weighted by Crippen LogP contribution is -2.25. The summed E-state index contributed by atoms with van der Waals surface area (Å²) in [6.07, 6.45) is -4.48. The highest BCUT2D eigenvalue weighted by molar-refractivity contribution is 7.91. The number of benzene rings is 1. The smallest absolute Gasteiger partial charge is 0.258 e. The predicted octanol–water partition coefficient (Wildman–Crippen LogP) is 4.15. The third-order valence-electron chi connectivity index (χ3n) is 3.19. The van der Waals surface area contributed by atoms with Crippen LogP contribution in [0.3, 0.4) is 0 Å². The van der Waals surface area contributed by atoms with Crippen LogP contribution in [0.25, 0.3) is 0 Å². The van der Waals surface area contributed by atoms with Gasteiger partial charge in [0.05, 0.1) is 10.5 Å². The second kappa shape index (κ2) is 6.90. The normalized spacial score (nSPS) is 12.6. The number of alkyl halides is 3. The predicted molar refractivity (Wildman–Crippen MR) is 86.1 cm³/mol. The van der Waals surface area contributed by atoms with Crippen LogP contribution in [0, 0.1) is 10.1 Å². The summed E-state index contributed by atoms with van der Waals surface area (Å²) in [7, 11) is -2.86. The zero-order valence-electron chi connectivity index (χ0n) is 12.4. The number of hydrogen-bond acceptors (Lipinski definition) is 5. The molecule has 0 aliphatic carbocycles. The first-order chi connectivity index (χ1) is 11.4. The maximum absolute atomic E-state index is 12.5. The highest BCUT2D eigenvalue weighted by Gasteiger charge is 2.31. The standard InChI is InChI=1S/C13H10ClF3N2O4S2/c1-18(7-8-2-4-9(5-3-8)13(15,16)17)25(22,23)11-6-10(19(20)21)12(14)24-11/h2-6H,7H2,1H3. The van der Waals surface area contributed by atoms with E-state index in [1.165, 1.54) is 19.2 Å². The van der Waals surface area contributed by atoms with Crippen LogP contribution in [0.5, 0.6) is 0 Å². The van der Waals surface area contributed by atoms with Crippen LogP contribution in [0.2, 0.25) is 4.34 Å². The quantitative estimate of drug-likeness (QED) is 0.543. The summed E-state index contributed by atoms with van der Waals surface area (Å²) < 4.78 is 62.7. The fourth-order valence-corrected chi connectivity index (χ4v) is 4.92. The van der Waals surface area contributed by atoms with E-state index in [9.17, 15) is 31.7 Å². The van der Waals surface area contributed by atoms with Crippen molar-refractivity contribution in [3.05, 3.63) is 55.9 Å². The number of thiophene rings is 1. The lowest BCUT2D eigenvalue weighted by Gasteiger charge is -2.16. The van der Waals surface area contributed by atoms with Crippen molar-refractivity contribution >= 4 is 38.6 Å². The van der Waals surface area contributed by atoms with Gasteiger partial charge in [0.1, 0.15) is 4.21 Å². The first kappa shape index (κ1) is 19.6. The average Bonchev–Trinajstić information content (AvgIpc) is 2.89. The van der Waals surface area contributed by atoms with Gasteiger partial charge in [-0.1, -0.05) is 23.7 Å². The summed E-state index contributed by atoms with van der Waals surface area (Å²) in [5.41, 5.74) is -1.04. The van der Waals surface area contributed by atoms with Crippen molar-refractivity contribution in [3.8, 4) is 0 Å². The highest BCUT2D eigenvalue weighted by atomic mass is 35.5. The molecule has 0 radical (unpaired) electrons. The number of nitro groups is 1. The topological polar surface area (TPSA) is 80.5 Å². The van der Waals surface area contributed by atoms with E-state index in [1.54, 1.807) is 0 Å². The Morgan fingerprint density at radius 2 is 1.84 bits per heavy atom. The number of rotatable bonds is 5. The molecule has 0 bridgehead atoms. The van der Waals surface area contributed by atoms with Gasteiger partial charge in [0.15, 0.2) is 4.34 Å². The molecule has 0 unspecified atom stereocenters. The molecule has 2 aromatic rings.